The summed E-state index contributed by atoms with van der Waals surface area (Å²) < 4.78 is 56.4. The molecule has 0 amide bonds. The van der Waals surface area contributed by atoms with Crippen molar-refractivity contribution in [2.24, 2.45) is 0 Å². The van der Waals surface area contributed by atoms with Crippen molar-refractivity contribution in [1.82, 2.24) is 0 Å². The van der Waals surface area contributed by atoms with Gasteiger partial charge in [-0.1, -0.05) is 80.6 Å². The van der Waals surface area contributed by atoms with E-state index in [-0.39, 0.29) is 22.3 Å². The molecular formula is C35H30F4N2. The van der Waals surface area contributed by atoms with Crippen LogP contribution in [-0.2, 0) is 12.8 Å². The fourth-order valence-corrected chi connectivity index (χ4v) is 4.96. The van der Waals surface area contributed by atoms with Crippen LogP contribution in [0.5, 0.6) is 0 Å². The molecule has 0 aliphatic carbocycles. The molecule has 0 unspecified atom stereocenters. The van der Waals surface area contributed by atoms with Gasteiger partial charge in [0.15, 0.2) is 23.3 Å². The summed E-state index contributed by atoms with van der Waals surface area (Å²) in [5.41, 5.74) is 3.19. The topological polar surface area (TPSA) is 47.6 Å². The lowest BCUT2D eigenvalue weighted by atomic mass is 9.98. The zero-order chi connectivity index (χ0) is 29.2. The standard InChI is InChI=1S/C35H30F4N2/c36-32-28(22-40)18-20-30(34(32)38)26-14-10-24(11-15-26)8-6-4-2-1-3-5-7-9-25-12-16-27(17-13-25)31-21-19-29(23-41)33(37)35(31)39/h10-21H,1-9H2. The van der Waals surface area contributed by atoms with Crippen LogP contribution in [0.2, 0.25) is 0 Å². The van der Waals surface area contributed by atoms with E-state index in [2.05, 4.69) is 0 Å². The lowest BCUT2D eigenvalue weighted by Gasteiger charge is -2.08. The smallest absolute Gasteiger partial charge is 0.177 e. The predicted octanol–water partition coefficient (Wildman–Crippen LogP) is 9.84. The summed E-state index contributed by atoms with van der Waals surface area (Å²) in [6.45, 7) is 0. The Balaban J connectivity index is 1.11. The number of nitriles is 2. The van der Waals surface area contributed by atoms with Crippen molar-refractivity contribution in [3.05, 3.63) is 118 Å². The summed E-state index contributed by atoms with van der Waals surface area (Å²) in [7, 11) is 0. The molecule has 0 radical (unpaired) electrons. The van der Waals surface area contributed by atoms with Gasteiger partial charge >= 0.3 is 0 Å². The van der Waals surface area contributed by atoms with Gasteiger partial charge in [-0.3, -0.25) is 0 Å². The van der Waals surface area contributed by atoms with E-state index in [1.807, 2.05) is 24.3 Å². The zero-order valence-corrected chi connectivity index (χ0v) is 22.7. The van der Waals surface area contributed by atoms with Gasteiger partial charge in [-0.25, -0.2) is 17.6 Å². The minimum Gasteiger partial charge on any atom is -0.203 e. The molecule has 0 fully saturated rings. The van der Waals surface area contributed by atoms with Gasteiger partial charge in [0.25, 0.3) is 0 Å². The second-order valence-electron chi connectivity index (χ2n) is 10.2. The maximum atomic E-state index is 14.3. The molecular weight excluding hydrogens is 524 g/mol. The maximum absolute atomic E-state index is 14.3. The van der Waals surface area contributed by atoms with E-state index >= 15 is 0 Å². The molecule has 0 N–H and O–H groups in total. The Bertz CT molecular complexity index is 1440. The molecule has 0 bridgehead atoms. The van der Waals surface area contributed by atoms with Gasteiger partial charge in [-0.15, -0.1) is 0 Å². The van der Waals surface area contributed by atoms with E-state index in [1.54, 1.807) is 36.4 Å². The lowest BCUT2D eigenvalue weighted by molar-refractivity contribution is 0.509. The van der Waals surface area contributed by atoms with Crippen molar-refractivity contribution in [3.8, 4) is 34.4 Å². The minimum atomic E-state index is -1.11. The third kappa shape index (κ3) is 7.41. The quantitative estimate of drug-likeness (QED) is 0.129. The Morgan fingerprint density at radius 1 is 0.415 bits per heavy atom. The van der Waals surface area contributed by atoms with Crippen molar-refractivity contribution in [3.63, 3.8) is 0 Å². The normalized spacial score (nSPS) is 10.8. The van der Waals surface area contributed by atoms with Crippen LogP contribution in [0.4, 0.5) is 17.6 Å². The van der Waals surface area contributed by atoms with E-state index < -0.39 is 23.3 Å². The zero-order valence-electron chi connectivity index (χ0n) is 22.7. The third-order valence-electron chi connectivity index (χ3n) is 7.37. The molecule has 0 aliphatic heterocycles. The van der Waals surface area contributed by atoms with Gasteiger partial charge in [0.2, 0.25) is 0 Å². The van der Waals surface area contributed by atoms with Crippen molar-refractivity contribution in [2.45, 2.75) is 57.8 Å². The highest BCUT2D eigenvalue weighted by molar-refractivity contribution is 5.66. The number of unbranched alkanes of at least 4 members (excludes halogenated alkanes) is 6. The van der Waals surface area contributed by atoms with E-state index in [4.69, 9.17) is 10.5 Å². The van der Waals surface area contributed by atoms with Crippen LogP contribution in [0.1, 0.15) is 67.2 Å². The first kappa shape index (κ1) is 29.6. The van der Waals surface area contributed by atoms with Gasteiger partial charge in [0, 0.05) is 11.1 Å². The second kappa shape index (κ2) is 14.3. The predicted molar refractivity (Wildman–Crippen MR) is 153 cm³/mol. The summed E-state index contributed by atoms with van der Waals surface area (Å²) in [6, 6.07) is 23.7. The average molecular weight is 555 g/mol. The minimum absolute atomic E-state index is 0.153. The Hall–Kier alpha value is -4.42. The summed E-state index contributed by atoms with van der Waals surface area (Å²) in [5.74, 6) is -4.21. The number of halogens is 4. The molecule has 0 heterocycles. The molecule has 0 aliphatic rings. The Labute approximate surface area is 238 Å². The van der Waals surface area contributed by atoms with Gasteiger partial charge in [-0.05, 0) is 72.2 Å². The first-order chi connectivity index (χ1) is 19.9. The van der Waals surface area contributed by atoms with Crippen LogP contribution in [0, 0.1) is 45.9 Å². The van der Waals surface area contributed by atoms with Gasteiger partial charge in [0.1, 0.15) is 12.1 Å². The molecule has 6 heteroatoms. The van der Waals surface area contributed by atoms with Crippen LogP contribution in [-0.4, -0.2) is 0 Å². The molecule has 4 aromatic rings. The van der Waals surface area contributed by atoms with E-state index in [0.717, 1.165) is 62.5 Å². The van der Waals surface area contributed by atoms with Crippen molar-refractivity contribution in [2.75, 3.05) is 0 Å². The van der Waals surface area contributed by atoms with E-state index in [9.17, 15) is 17.6 Å². The van der Waals surface area contributed by atoms with Gasteiger partial charge in [0.05, 0.1) is 11.1 Å². The van der Waals surface area contributed by atoms with Crippen molar-refractivity contribution >= 4 is 0 Å². The molecule has 41 heavy (non-hydrogen) atoms. The molecule has 0 spiro atoms. The molecule has 208 valence electrons. The molecule has 4 rings (SSSR count). The fraction of sp³-hybridized carbons (Fsp3) is 0.257. The average Bonchev–Trinajstić information content (AvgIpc) is 3.00. The first-order valence-corrected chi connectivity index (χ1v) is 13.9. The summed E-state index contributed by atoms with van der Waals surface area (Å²) >= 11 is 0. The number of benzene rings is 4. The summed E-state index contributed by atoms with van der Waals surface area (Å²) in [4.78, 5) is 0. The maximum Gasteiger partial charge on any atom is 0.177 e. The molecule has 0 aromatic heterocycles. The van der Waals surface area contributed by atoms with Crippen LogP contribution < -0.4 is 0 Å². The summed E-state index contributed by atoms with van der Waals surface area (Å²) in [5, 5.41) is 17.7. The van der Waals surface area contributed by atoms with Crippen molar-refractivity contribution in [1.29, 1.82) is 10.5 Å². The van der Waals surface area contributed by atoms with Crippen LogP contribution in [0.25, 0.3) is 22.3 Å². The van der Waals surface area contributed by atoms with Crippen molar-refractivity contribution < 1.29 is 17.6 Å². The molecule has 0 atom stereocenters. The Morgan fingerprint density at radius 2 is 0.756 bits per heavy atom. The second-order valence-corrected chi connectivity index (χ2v) is 10.2. The SMILES string of the molecule is N#Cc1ccc(-c2ccc(CCCCCCCCCc3ccc(-c4ccc(C#N)c(F)c4F)cc3)cc2)c(F)c1F. The first-order valence-electron chi connectivity index (χ1n) is 13.9. The van der Waals surface area contributed by atoms with Gasteiger partial charge < -0.3 is 0 Å². The highest BCUT2D eigenvalue weighted by Gasteiger charge is 2.15. The molecule has 0 saturated heterocycles. The number of hydrogen-bond acceptors (Lipinski definition) is 2. The molecule has 2 nitrogen and oxygen atoms in total. The van der Waals surface area contributed by atoms with Crippen LogP contribution in [0.15, 0.2) is 72.8 Å². The number of nitrogens with zero attached hydrogens (tertiary/aromatic N) is 2. The highest BCUT2D eigenvalue weighted by atomic mass is 19.2. The van der Waals surface area contributed by atoms with Gasteiger partial charge in [-0.2, -0.15) is 10.5 Å². The molecule has 0 saturated carbocycles. The summed E-state index contributed by atoms with van der Waals surface area (Å²) in [6.07, 6.45) is 9.75. The van der Waals surface area contributed by atoms with Crippen LogP contribution in [0.3, 0.4) is 0 Å². The highest BCUT2D eigenvalue weighted by Crippen LogP contribution is 2.28. The Morgan fingerprint density at radius 3 is 1.10 bits per heavy atom. The lowest BCUT2D eigenvalue weighted by Crippen LogP contribution is -1.94. The van der Waals surface area contributed by atoms with E-state index in [0.29, 0.717) is 11.1 Å². The third-order valence-corrected chi connectivity index (χ3v) is 7.37. The fourth-order valence-electron chi connectivity index (χ4n) is 4.96. The van der Waals surface area contributed by atoms with Crippen LogP contribution >= 0.6 is 0 Å². The Kier molecular flexibility index (Phi) is 10.3. The number of rotatable bonds is 12. The van der Waals surface area contributed by atoms with E-state index in [1.165, 1.54) is 30.7 Å². The number of aryl methyl sites for hydroxylation is 2. The number of hydrogen-bond donors (Lipinski definition) is 0. The largest absolute Gasteiger partial charge is 0.203 e. The molecule has 4 aromatic carbocycles. The monoisotopic (exact) mass is 554 g/mol.